The molecule has 1 aliphatic rings. The largest absolute Gasteiger partial charge is 0.386 e. The topological polar surface area (TPSA) is 69.2 Å². The van der Waals surface area contributed by atoms with E-state index in [1.165, 1.54) is 0 Å². The number of carbonyl (C=O) groups excluding carboxylic acids is 2. The maximum absolute atomic E-state index is 11.5. The smallest absolute Gasteiger partial charge is 0.348 e. The molecule has 0 saturated carbocycles. The number of carbonyl (C=O) groups is 2. The first-order valence-electron chi connectivity index (χ1n) is 4.01. The lowest BCUT2D eigenvalue weighted by Gasteiger charge is -2.00. The van der Waals surface area contributed by atoms with Crippen LogP contribution in [0.4, 0.5) is 0 Å². The maximum atomic E-state index is 11.5. The molecule has 2 heterocycles. The zero-order valence-corrected chi connectivity index (χ0v) is 11.3. The first-order valence-corrected chi connectivity index (χ1v) is 6.32. The molecular formula is C8Br2N2O3S. The Morgan fingerprint density at radius 2 is 1.38 bits per heavy atom. The molecule has 3 rings (SSSR count). The maximum Gasteiger partial charge on any atom is 0.348 e. The Bertz CT molecular complexity index is 613. The van der Waals surface area contributed by atoms with Gasteiger partial charge >= 0.3 is 11.9 Å². The zero-order chi connectivity index (χ0) is 11.4. The van der Waals surface area contributed by atoms with Crippen LogP contribution in [0.3, 0.4) is 0 Å². The highest BCUT2D eigenvalue weighted by atomic mass is 79.9. The minimum Gasteiger partial charge on any atom is -0.386 e. The van der Waals surface area contributed by atoms with Crippen molar-refractivity contribution in [1.82, 2.24) is 8.75 Å². The van der Waals surface area contributed by atoms with Gasteiger partial charge in [-0.2, -0.15) is 8.75 Å². The summed E-state index contributed by atoms with van der Waals surface area (Å²) in [4.78, 5) is 23.0. The van der Waals surface area contributed by atoms with Crippen molar-refractivity contribution in [2.75, 3.05) is 0 Å². The monoisotopic (exact) mass is 362 g/mol. The van der Waals surface area contributed by atoms with Crippen LogP contribution in [-0.2, 0) is 4.74 Å². The molecule has 0 spiro atoms. The molecule has 1 aromatic carbocycles. The number of nitrogens with zero attached hydrogens (tertiary/aromatic N) is 2. The van der Waals surface area contributed by atoms with Crippen molar-refractivity contribution in [2.45, 2.75) is 0 Å². The Kier molecular flexibility index (Phi) is 2.13. The molecule has 0 bridgehead atoms. The third-order valence-electron chi connectivity index (χ3n) is 2.19. The molecule has 1 aromatic heterocycles. The highest BCUT2D eigenvalue weighted by Gasteiger charge is 2.37. The lowest BCUT2D eigenvalue weighted by molar-refractivity contribution is 0.0443. The van der Waals surface area contributed by atoms with Crippen molar-refractivity contribution in [3.8, 4) is 0 Å². The molecule has 5 nitrogen and oxygen atoms in total. The van der Waals surface area contributed by atoms with Crippen LogP contribution in [0, 0.1) is 0 Å². The van der Waals surface area contributed by atoms with Gasteiger partial charge in [0.05, 0.1) is 31.8 Å². The summed E-state index contributed by atoms with van der Waals surface area (Å²) in [5.74, 6) is -1.33. The molecule has 1 aliphatic heterocycles. The molecule has 0 aliphatic carbocycles. The summed E-state index contributed by atoms with van der Waals surface area (Å²) in [5, 5.41) is 0. The third-order valence-corrected chi connectivity index (χ3v) is 4.26. The van der Waals surface area contributed by atoms with Crippen molar-refractivity contribution in [3.63, 3.8) is 0 Å². The van der Waals surface area contributed by atoms with Crippen molar-refractivity contribution in [1.29, 1.82) is 0 Å². The van der Waals surface area contributed by atoms with Crippen LogP contribution in [0.2, 0.25) is 0 Å². The summed E-state index contributed by atoms with van der Waals surface area (Å²) in [5.41, 5.74) is 1.50. The Hall–Kier alpha value is -0.860. The van der Waals surface area contributed by atoms with E-state index in [2.05, 4.69) is 45.3 Å². The molecule has 80 valence electrons. The molecule has 0 atom stereocenters. The number of fused-ring (bicyclic) bond motifs is 2. The first-order chi connectivity index (χ1) is 7.61. The van der Waals surface area contributed by atoms with E-state index in [4.69, 9.17) is 0 Å². The molecule has 0 unspecified atom stereocenters. The van der Waals surface area contributed by atoms with Crippen LogP contribution in [0.15, 0.2) is 8.95 Å². The highest BCUT2D eigenvalue weighted by Crippen LogP contribution is 2.39. The van der Waals surface area contributed by atoms with Gasteiger partial charge in [0, 0.05) is 0 Å². The Morgan fingerprint density at radius 1 is 0.938 bits per heavy atom. The average molecular weight is 364 g/mol. The van der Waals surface area contributed by atoms with E-state index in [-0.39, 0.29) is 11.1 Å². The highest BCUT2D eigenvalue weighted by molar-refractivity contribution is 9.11. The van der Waals surface area contributed by atoms with E-state index in [0.717, 1.165) is 11.7 Å². The number of ether oxygens (including phenoxy) is 1. The van der Waals surface area contributed by atoms with Gasteiger partial charge in [0.25, 0.3) is 0 Å². The van der Waals surface area contributed by atoms with Crippen LogP contribution in [-0.4, -0.2) is 20.7 Å². The molecule has 0 amide bonds. The summed E-state index contributed by atoms with van der Waals surface area (Å²) < 4.78 is 13.5. The predicted molar refractivity (Wildman–Crippen MR) is 62.6 cm³/mol. The summed E-state index contributed by atoms with van der Waals surface area (Å²) in [6, 6.07) is 0. The van der Waals surface area contributed by atoms with E-state index in [0.29, 0.717) is 20.0 Å². The number of halogens is 2. The van der Waals surface area contributed by atoms with Gasteiger partial charge in [-0.1, -0.05) is 0 Å². The van der Waals surface area contributed by atoms with Gasteiger partial charge in [0.1, 0.15) is 11.0 Å². The van der Waals surface area contributed by atoms with E-state index in [9.17, 15) is 9.59 Å². The Balaban J connectivity index is 2.58. The van der Waals surface area contributed by atoms with Gasteiger partial charge in [0.2, 0.25) is 0 Å². The van der Waals surface area contributed by atoms with E-state index >= 15 is 0 Å². The van der Waals surface area contributed by atoms with E-state index in [1.54, 1.807) is 0 Å². The third kappa shape index (κ3) is 1.14. The van der Waals surface area contributed by atoms with Crippen molar-refractivity contribution in [2.24, 2.45) is 0 Å². The Morgan fingerprint density at radius 3 is 1.81 bits per heavy atom. The predicted octanol–water partition coefficient (Wildman–Crippen LogP) is 2.53. The second kappa shape index (κ2) is 3.31. The zero-order valence-electron chi connectivity index (χ0n) is 7.28. The lowest BCUT2D eigenvalue weighted by Crippen LogP contribution is -1.97. The van der Waals surface area contributed by atoms with Gasteiger partial charge in [-0.25, -0.2) is 9.59 Å². The minimum absolute atomic E-state index is 0.206. The Labute approximate surface area is 109 Å². The van der Waals surface area contributed by atoms with Crippen LogP contribution in [0.5, 0.6) is 0 Å². The van der Waals surface area contributed by atoms with Gasteiger partial charge in [-0.15, -0.1) is 0 Å². The van der Waals surface area contributed by atoms with Crippen molar-refractivity contribution >= 4 is 66.6 Å². The van der Waals surface area contributed by atoms with Crippen LogP contribution < -0.4 is 0 Å². The first kappa shape index (κ1) is 10.3. The van der Waals surface area contributed by atoms with Gasteiger partial charge in [0.15, 0.2) is 0 Å². The molecular weight excluding hydrogens is 364 g/mol. The second-order valence-electron chi connectivity index (χ2n) is 3.02. The quantitative estimate of drug-likeness (QED) is 0.531. The lowest BCUT2D eigenvalue weighted by atomic mass is 10.1. The molecule has 16 heavy (non-hydrogen) atoms. The van der Waals surface area contributed by atoms with Crippen LogP contribution in [0.25, 0.3) is 11.0 Å². The average Bonchev–Trinajstić information content (AvgIpc) is 2.80. The number of hydrogen-bond donors (Lipinski definition) is 0. The minimum atomic E-state index is -0.664. The number of rotatable bonds is 0. The molecule has 8 heteroatoms. The second-order valence-corrected chi connectivity index (χ2v) is 5.13. The fourth-order valence-electron chi connectivity index (χ4n) is 1.50. The number of cyclic esters (lactones) is 2. The standard InChI is InChI=1S/C8Br2N2O3S/c9-3-1-2(8(14)15-7(1)13)4(10)6-5(3)11-16-12-6. The molecule has 0 N–H and O–H groups in total. The summed E-state index contributed by atoms with van der Waals surface area (Å²) in [6.07, 6.45) is 0. The van der Waals surface area contributed by atoms with Gasteiger partial charge < -0.3 is 4.74 Å². The van der Waals surface area contributed by atoms with Crippen molar-refractivity contribution < 1.29 is 14.3 Å². The van der Waals surface area contributed by atoms with Gasteiger partial charge in [-0.3, -0.25) is 0 Å². The number of aromatic nitrogens is 2. The van der Waals surface area contributed by atoms with Crippen LogP contribution >= 0.6 is 43.6 Å². The molecule has 0 radical (unpaired) electrons. The van der Waals surface area contributed by atoms with Crippen LogP contribution in [0.1, 0.15) is 20.7 Å². The number of esters is 2. The number of hydrogen-bond acceptors (Lipinski definition) is 6. The summed E-state index contributed by atoms with van der Waals surface area (Å²) in [7, 11) is 0. The van der Waals surface area contributed by atoms with E-state index < -0.39 is 11.9 Å². The molecule has 0 fully saturated rings. The fraction of sp³-hybridized carbons (Fsp3) is 0. The number of benzene rings is 1. The summed E-state index contributed by atoms with van der Waals surface area (Å²) >= 11 is 7.50. The molecule has 2 aromatic rings. The van der Waals surface area contributed by atoms with Gasteiger partial charge in [-0.05, 0) is 31.9 Å². The summed E-state index contributed by atoms with van der Waals surface area (Å²) in [6.45, 7) is 0. The normalized spacial score (nSPS) is 14.4. The SMILES string of the molecule is O=C1OC(=O)c2c1c(Br)c1nsnc1c2Br. The van der Waals surface area contributed by atoms with Crippen molar-refractivity contribution in [3.05, 3.63) is 20.1 Å². The fourth-order valence-corrected chi connectivity index (χ4v) is 3.57. The molecule has 0 saturated heterocycles. The van der Waals surface area contributed by atoms with E-state index in [1.807, 2.05) is 0 Å².